The lowest BCUT2D eigenvalue weighted by molar-refractivity contribution is -0.116. The van der Waals surface area contributed by atoms with Crippen LogP contribution in [-0.4, -0.2) is 11.9 Å². The molecule has 0 aliphatic heterocycles. The Balaban J connectivity index is 2.62. The van der Waals surface area contributed by atoms with E-state index in [1.165, 1.54) is 0 Å². The third-order valence-electron chi connectivity index (χ3n) is 2.48. The number of carbonyl (C=O) groups excluding carboxylic acids is 1. The molecule has 0 heterocycles. The van der Waals surface area contributed by atoms with Gasteiger partial charge in [0.2, 0.25) is 5.91 Å². The van der Waals surface area contributed by atoms with Gasteiger partial charge in [0.25, 0.3) is 0 Å². The van der Waals surface area contributed by atoms with Crippen LogP contribution >= 0.6 is 0 Å². The van der Waals surface area contributed by atoms with E-state index >= 15 is 0 Å². The molecule has 0 spiro atoms. The van der Waals surface area contributed by atoms with Gasteiger partial charge in [-0.2, -0.15) is 0 Å². The SMILES string of the molecule is CCC(N)CC(=O)Nc1cc(C)cc(C)c1. The zero-order valence-electron chi connectivity index (χ0n) is 10.2. The minimum atomic E-state index is -0.0501. The van der Waals surface area contributed by atoms with Crippen LogP contribution in [0.2, 0.25) is 0 Å². The zero-order chi connectivity index (χ0) is 12.1. The summed E-state index contributed by atoms with van der Waals surface area (Å²) in [7, 11) is 0. The highest BCUT2D eigenvalue weighted by atomic mass is 16.1. The minimum Gasteiger partial charge on any atom is -0.327 e. The third kappa shape index (κ3) is 4.03. The van der Waals surface area contributed by atoms with Crippen molar-refractivity contribution in [3.05, 3.63) is 29.3 Å². The van der Waals surface area contributed by atoms with Crippen molar-refractivity contribution in [2.24, 2.45) is 5.73 Å². The molecule has 1 aromatic rings. The summed E-state index contributed by atoms with van der Waals surface area (Å²) < 4.78 is 0. The molecule has 0 bridgehead atoms. The molecule has 1 unspecified atom stereocenters. The molecule has 0 aromatic heterocycles. The molecule has 88 valence electrons. The predicted octanol–water partition coefficient (Wildman–Crippen LogP) is 2.37. The van der Waals surface area contributed by atoms with Gasteiger partial charge in [0, 0.05) is 18.2 Å². The molecule has 0 aliphatic carbocycles. The quantitative estimate of drug-likeness (QED) is 0.818. The van der Waals surface area contributed by atoms with E-state index in [0.717, 1.165) is 23.2 Å². The van der Waals surface area contributed by atoms with Crippen LogP contribution in [0.25, 0.3) is 0 Å². The number of nitrogens with one attached hydrogen (secondary N) is 1. The monoisotopic (exact) mass is 220 g/mol. The van der Waals surface area contributed by atoms with E-state index in [9.17, 15) is 4.79 Å². The average Bonchev–Trinajstić information content (AvgIpc) is 2.15. The number of benzene rings is 1. The van der Waals surface area contributed by atoms with Crippen LogP contribution in [0.3, 0.4) is 0 Å². The fourth-order valence-corrected chi connectivity index (χ4v) is 1.64. The summed E-state index contributed by atoms with van der Waals surface area (Å²) in [4.78, 5) is 11.6. The van der Waals surface area contributed by atoms with Gasteiger partial charge in [0.1, 0.15) is 0 Å². The largest absolute Gasteiger partial charge is 0.327 e. The van der Waals surface area contributed by atoms with E-state index in [0.29, 0.717) is 6.42 Å². The van der Waals surface area contributed by atoms with E-state index in [-0.39, 0.29) is 11.9 Å². The van der Waals surface area contributed by atoms with Gasteiger partial charge in [-0.3, -0.25) is 4.79 Å². The third-order valence-corrected chi connectivity index (χ3v) is 2.48. The molecule has 1 atom stereocenters. The summed E-state index contributed by atoms with van der Waals surface area (Å²) >= 11 is 0. The summed E-state index contributed by atoms with van der Waals surface area (Å²) in [5, 5.41) is 2.87. The van der Waals surface area contributed by atoms with Crippen molar-refractivity contribution >= 4 is 11.6 Å². The Hall–Kier alpha value is -1.35. The van der Waals surface area contributed by atoms with Crippen molar-refractivity contribution in [2.75, 3.05) is 5.32 Å². The van der Waals surface area contributed by atoms with Crippen molar-refractivity contribution in [2.45, 2.75) is 39.7 Å². The van der Waals surface area contributed by atoms with Gasteiger partial charge < -0.3 is 11.1 Å². The fraction of sp³-hybridized carbons (Fsp3) is 0.462. The molecule has 0 aliphatic rings. The second kappa shape index (κ2) is 5.66. The number of hydrogen-bond acceptors (Lipinski definition) is 2. The molecular formula is C13H20N2O. The molecule has 0 saturated carbocycles. The highest BCUT2D eigenvalue weighted by molar-refractivity contribution is 5.91. The van der Waals surface area contributed by atoms with E-state index < -0.39 is 0 Å². The van der Waals surface area contributed by atoms with Gasteiger partial charge in [-0.15, -0.1) is 0 Å². The van der Waals surface area contributed by atoms with Crippen LogP contribution in [0.5, 0.6) is 0 Å². The Labute approximate surface area is 97.0 Å². The number of nitrogens with two attached hydrogens (primary N) is 1. The molecule has 3 heteroatoms. The fourth-order valence-electron chi connectivity index (χ4n) is 1.64. The number of amides is 1. The number of rotatable bonds is 4. The van der Waals surface area contributed by atoms with Gasteiger partial charge in [0.15, 0.2) is 0 Å². The Morgan fingerprint density at radius 3 is 2.38 bits per heavy atom. The molecule has 0 saturated heterocycles. The average molecular weight is 220 g/mol. The Morgan fingerprint density at radius 1 is 1.31 bits per heavy atom. The van der Waals surface area contributed by atoms with Gasteiger partial charge in [0.05, 0.1) is 0 Å². The molecule has 3 N–H and O–H groups in total. The molecule has 1 aromatic carbocycles. The molecular weight excluding hydrogens is 200 g/mol. The van der Waals surface area contributed by atoms with Crippen LogP contribution in [0.4, 0.5) is 5.69 Å². The first-order chi connectivity index (χ1) is 7.51. The van der Waals surface area contributed by atoms with Gasteiger partial charge in [-0.25, -0.2) is 0 Å². The first-order valence-electron chi connectivity index (χ1n) is 5.65. The molecule has 1 amide bonds. The number of anilines is 1. The summed E-state index contributed by atoms with van der Waals surface area (Å²) in [5.74, 6) is -0.0145. The van der Waals surface area contributed by atoms with Crippen molar-refractivity contribution in [3.8, 4) is 0 Å². The van der Waals surface area contributed by atoms with E-state index in [4.69, 9.17) is 5.73 Å². The first-order valence-corrected chi connectivity index (χ1v) is 5.65. The van der Waals surface area contributed by atoms with Crippen LogP contribution < -0.4 is 11.1 Å². The van der Waals surface area contributed by atoms with E-state index in [1.54, 1.807) is 0 Å². The highest BCUT2D eigenvalue weighted by Crippen LogP contribution is 2.14. The van der Waals surface area contributed by atoms with Crippen LogP contribution in [0, 0.1) is 13.8 Å². The van der Waals surface area contributed by atoms with Crippen LogP contribution in [0.1, 0.15) is 30.9 Å². The Kier molecular flexibility index (Phi) is 4.50. The lowest BCUT2D eigenvalue weighted by Crippen LogP contribution is -2.26. The topological polar surface area (TPSA) is 55.1 Å². The van der Waals surface area contributed by atoms with Gasteiger partial charge in [-0.05, 0) is 43.5 Å². The standard InChI is InChI=1S/C13H20N2O/c1-4-11(14)8-13(16)15-12-6-9(2)5-10(3)7-12/h5-7,11H,4,8,14H2,1-3H3,(H,15,16). The molecule has 3 nitrogen and oxygen atoms in total. The van der Waals surface area contributed by atoms with Gasteiger partial charge in [-0.1, -0.05) is 13.0 Å². The lowest BCUT2D eigenvalue weighted by Gasteiger charge is -2.10. The first kappa shape index (κ1) is 12.7. The van der Waals surface area contributed by atoms with Crippen molar-refractivity contribution < 1.29 is 4.79 Å². The molecule has 0 radical (unpaired) electrons. The normalized spacial score (nSPS) is 12.2. The maximum absolute atomic E-state index is 11.6. The summed E-state index contributed by atoms with van der Waals surface area (Å²) in [6, 6.07) is 5.95. The minimum absolute atomic E-state index is 0.0145. The van der Waals surface area contributed by atoms with Crippen LogP contribution in [-0.2, 0) is 4.79 Å². The van der Waals surface area contributed by atoms with E-state index in [1.807, 2.05) is 32.9 Å². The van der Waals surface area contributed by atoms with Crippen molar-refractivity contribution in [1.82, 2.24) is 0 Å². The predicted molar refractivity (Wildman–Crippen MR) is 67.4 cm³/mol. The summed E-state index contributed by atoms with van der Waals surface area (Å²) in [5.41, 5.74) is 8.88. The zero-order valence-corrected chi connectivity index (χ0v) is 10.2. The maximum atomic E-state index is 11.6. The van der Waals surface area contributed by atoms with E-state index in [2.05, 4.69) is 11.4 Å². The van der Waals surface area contributed by atoms with Gasteiger partial charge >= 0.3 is 0 Å². The Morgan fingerprint density at radius 2 is 1.88 bits per heavy atom. The van der Waals surface area contributed by atoms with Crippen molar-refractivity contribution in [1.29, 1.82) is 0 Å². The summed E-state index contributed by atoms with van der Waals surface area (Å²) in [6.45, 7) is 6.01. The lowest BCUT2D eigenvalue weighted by atomic mass is 10.1. The van der Waals surface area contributed by atoms with Crippen molar-refractivity contribution in [3.63, 3.8) is 0 Å². The highest BCUT2D eigenvalue weighted by Gasteiger charge is 2.07. The van der Waals surface area contributed by atoms with Crippen LogP contribution in [0.15, 0.2) is 18.2 Å². The molecule has 16 heavy (non-hydrogen) atoms. The Bertz CT molecular complexity index is 354. The maximum Gasteiger partial charge on any atom is 0.225 e. The molecule has 0 fully saturated rings. The summed E-state index contributed by atoms with van der Waals surface area (Å²) in [6.07, 6.45) is 1.20. The second-order valence-electron chi connectivity index (χ2n) is 4.30. The number of carbonyl (C=O) groups is 1. The smallest absolute Gasteiger partial charge is 0.225 e. The molecule has 1 rings (SSSR count). The number of hydrogen-bond donors (Lipinski definition) is 2. The second-order valence-corrected chi connectivity index (χ2v) is 4.30. The number of aryl methyl sites for hydroxylation is 2.